The molecule has 0 spiro atoms. The van der Waals surface area contributed by atoms with Gasteiger partial charge in [0.2, 0.25) is 11.8 Å². The van der Waals surface area contributed by atoms with E-state index in [0.717, 1.165) is 16.0 Å². The number of nitrogens with one attached hydrogen (secondary N) is 2. The predicted octanol–water partition coefficient (Wildman–Crippen LogP) is 2.38. The zero-order chi connectivity index (χ0) is 20.8. The summed E-state index contributed by atoms with van der Waals surface area (Å²) in [6.07, 6.45) is 0.283. The topological polar surface area (TPSA) is 87.7 Å². The number of amides is 4. The highest BCUT2D eigenvalue weighted by molar-refractivity contribution is 6.30. The second-order valence-corrected chi connectivity index (χ2v) is 7.17. The van der Waals surface area contributed by atoms with Gasteiger partial charge in [-0.2, -0.15) is 0 Å². The van der Waals surface area contributed by atoms with Crippen molar-refractivity contribution in [2.75, 3.05) is 20.2 Å². The molecule has 0 saturated carbocycles. The maximum atomic E-state index is 13.0. The van der Waals surface area contributed by atoms with Gasteiger partial charge in [0.25, 0.3) is 0 Å². The lowest BCUT2D eigenvalue weighted by atomic mass is 9.97. The van der Waals surface area contributed by atoms with Crippen molar-refractivity contribution < 1.29 is 19.1 Å². The molecule has 1 saturated heterocycles. The third kappa shape index (κ3) is 5.26. The van der Waals surface area contributed by atoms with Crippen LogP contribution in [0.5, 0.6) is 5.75 Å². The standard InChI is InChI=1S/C21H22ClN3O4/c1-29-18-8-7-17(22)10-15(18)9-16-12-23-19(26)13-25(20(16)27)21(28)24-11-14-5-3-2-4-6-14/h2-8,10,16H,9,11-13H2,1H3,(H,23,26)(H,24,28). The van der Waals surface area contributed by atoms with E-state index < -0.39 is 17.9 Å². The molecule has 0 bridgehead atoms. The van der Waals surface area contributed by atoms with Gasteiger partial charge in [-0.1, -0.05) is 41.9 Å². The first kappa shape index (κ1) is 20.7. The Labute approximate surface area is 174 Å². The number of hydrogen-bond acceptors (Lipinski definition) is 4. The summed E-state index contributed by atoms with van der Waals surface area (Å²) in [4.78, 5) is 38.7. The third-order valence-electron chi connectivity index (χ3n) is 4.70. The molecule has 0 aromatic heterocycles. The average Bonchev–Trinajstić information content (AvgIpc) is 2.86. The molecule has 1 unspecified atom stereocenters. The number of methoxy groups -OCH3 is 1. The van der Waals surface area contributed by atoms with Gasteiger partial charge in [-0.25, -0.2) is 4.79 Å². The summed E-state index contributed by atoms with van der Waals surface area (Å²) in [7, 11) is 1.53. The van der Waals surface area contributed by atoms with Crippen LogP contribution in [-0.2, 0) is 22.6 Å². The molecule has 29 heavy (non-hydrogen) atoms. The summed E-state index contributed by atoms with van der Waals surface area (Å²) < 4.78 is 5.34. The lowest BCUT2D eigenvalue weighted by molar-refractivity contribution is -0.133. The quantitative estimate of drug-likeness (QED) is 0.784. The van der Waals surface area contributed by atoms with Crippen LogP contribution >= 0.6 is 11.6 Å². The second kappa shape index (κ2) is 9.43. The number of carbonyl (C=O) groups is 3. The zero-order valence-electron chi connectivity index (χ0n) is 16.0. The number of benzene rings is 2. The molecule has 8 heteroatoms. The molecular formula is C21H22ClN3O4. The van der Waals surface area contributed by atoms with E-state index in [2.05, 4.69) is 10.6 Å². The van der Waals surface area contributed by atoms with Gasteiger partial charge in [-0.05, 0) is 35.7 Å². The fraction of sp³-hybridized carbons (Fsp3) is 0.286. The van der Waals surface area contributed by atoms with Gasteiger partial charge in [-0.15, -0.1) is 0 Å². The smallest absolute Gasteiger partial charge is 0.324 e. The SMILES string of the molecule is COc1ccc(Cl)cc1CC1CNC(=O)CN(C(=O)NCc2ccccc2)C1=O. The molecule has 0 aliphatic carbocycles. The van der Waals surface area contributed by atoms with Gasteiger partial charge in [0, 0.05) is 18.1 Å². The maximum absolute atomic E-state index is 13.0. The minimum absolute atomic E-state index is 0.135. The van der Waals surface area contributed by atoms with E-state index >= 15 is 0 Å². The lowest BCUT2D eigenvalue weighted by Crippen LogP contribution is -2.47. The van der Waals surface area contributed by atoms with Crippen LogP contribution in [0.2, 0.25) is 5.02 Å². The Kier molecular flexibility index (Phi) is 6.72. The minimum Gasteiger partial charge on any atom is -0.496 e. The highest BCUT2D eigenvalue weighted by Crippen LogP contribution is 2.26. The Hall–Kier alpha value is -3.06. The summed E-state index contributed by atoms with van der Waals surface area (Å²) in [6.45, 7) is 0.0797. The van der Waals surface area contributed by atoms with Crippen molar-refractivity contribution >= 4 is 29.4 Å². The molecule has 7 nitrogen and oxygen atoms in total. The second-order valence-electron chi connectivity index (χ2n) is 6.73. The summed E-state index contributed by atoms with van der Waals surface area (Å²) in [5.74, 6) is -0.821. The first-order valence-corrected chi connectivity index (χ1v) is 9.58. The molecule has 2 aromatic carbocycles. The number of nitrogens with zero attached hydrogens (tertiary/aromatic N) is 1. The van der Waals surface area contributed by atoms with Crippen molar-refractivity contribution in [3.8, 4) is 5.75 Å². The molecule has 4 amide bonds. The van der Waals surface area contributed by atoms with Gasteiger partial charge >= 0.3 is 6.03 Å². The number of halogens is 1. The number of rotatable bonds is 5. The molecule has 2 aromatic rings. The molecule has 1 aliphatic rings. The van der Waals surface area contributed by atoms with Crippen LogP contribution in [0, 0.1) is 5.92 Å². The first-order chi connectivity index (χ1) is 14.0. The van der Waals surface area contributed by atoms with Crippen molar-refractivity contribution in [2.45, 2.75) is 13.0 Å². The van der Waals surface area contributed by atoms with Crippen molar-refractivity contribution in [3.05, 3.63) is 64.7 Å². The average molecular weight is 416 g/mol. The van der Waals surface area contributed by atoms with Crippen LogP contribution < -0.4 is 15.4 Å². The van der Waals surface area contributed by atoms with Crippen molar-refractivity contribution in [1.29, 1.82) is 0 Å². The molecule has 152 valence electrons. The summed E-state index contributed by atoms with van der Waals surface area (Å²) in [5, 5.41) is 5.92. The molecule has 0 radical (unpaired) electrons. The summed E-state index contributed by atoms with van der Waals surface area (Å²) >= 11 is 6.08. The van der Waals surface area contributed by atoms with Crippen LogP contribution in [0.1, 0.15) is 11.1 Å². The maximum Gasteiger partial charge on any atom is 0.324 e. The minimum atomic E-state index is -0.615. The van der Waals surface area contributed by atoms with Gasteiger partial charge in [0.1, 0.15) is 12.3 Å². The Morgan fingerprint density at radius 3 is 2.72 bits per heavy atom. The highest BCUT2D eigenvalue weighted by Gasteiger charge is 2.34. The number of carbonyl (C=O) groups excluding carboxylic acids is 3. The van der Waals surface area contributed by atoms with E-state index in [1.165, 1.54) is 7.11 Å². The Morgan fingerprint density at radius 2 is 2.00 bits per heavy atom. The molecular weight excluding hydrogens is 394 g/mol. The number of imide groups is 1. The lowest BCUT2D eigenvalue weighted by Gasteiger charge is -2.22. The first-order valence-electron chi connectivity index (χ1n) is 9.20. The Balaban J connectivity index is 1.74. The van der Waals surface area contributed by atoms with E-state index in [-0.39, 0.29) is 32.0 Å². The predicted molar refractivity (Wildman–Crippen MR) is 109 cm³/mol. The fourth-order valence-corrected chi connectivity index (χ4v) is 3.39. The molecule has 1 aliphatic heterocycles. The zero-order valence-corrected chi connectivity index (χ0v) is 16.7. The molecule has 1 atom stereocenters. The van der Waals surface area contributed by atoms with Crippen LogP contribution in [-0.4, -0.2) is 42.9 Å². The molecule has 1 fully saturated rings. The third-order valence-corrected chi connectivity index (χ3v) is 4.94. The Bertz CT molecular complexity index is 904. The summed E-state index contributed by atoms with van der Waals surface area (Å²) in [5.41, 5.74) is 1.63. The number of ether oxygens (including phenoxy) is 1. The molecule has 3 rings (SSSR count). The monoisotopic (exact) mass is 415 g/mol. The van der Waals surface area contributed by atoms with Crippen LogP contribution in [0.4, 0.5) is 4.79 Å². The van der Waals surface area contributed by atoms with E-state index in [1.54, 1.807) is 18.2 Å². The van der Waals surface area contributed by atoms with Crippen molar-refractivity contribution in [3.63, 3.8) is 0 Å². The van der Waals surface area contributed by atoms with Gasteiger partial charge < -0.3 is 15.4 Å². The number of hydrogen-bond donors (Lipinski definition) is 2. The van der Waals surface area contributed by atoms with E-state index in [1.807, 2.05) is 30.3 Å². The fourth-order valence-electron chi connectivity index (χ4n) is 3.19. The van der Waals surface area contributed by atoms with Gasteiger partial charge in [0.15, 0.2) is 0 Å². The summed E-state index contributed by atoms with van der Waals surface area (Å²) in [6, 6.07) is 13.9. The van der Waals surface area contributed by atoms with Crippen LogP contribution in [0.25, 0.3) is 0 Å². The molecule has 2 N–H and O–H groups in total. The van der Waals surface area contributed by atoms with Crippen LogP contribution in [0.3, 0.4) is 0 Å². The van der Waals surface area contributed by atoms with E-state index in [0.29, 0.717) is 10.8 Å². The Morgan fingerprint density at radius 1 is 1.24 bits per heavy atom. The van der Waals surface area contributed by atoms with E-state index in [4.69, 9.17) is 16.3 Å². The number of urea groups is 1. The van der Waals surface area contributed by atoms with Gasteiger partial charge in [0.05, 0.1) is 13.0 Å². The largest absolute Gasteiger partial charge is 0.496 e. The van der Waals surface area contributed by atoms with Crippen molar-refractivity contribution in [2.24, 2.45) is 5.92 Å². The van der Waals surface area contributed by atoms with Crippen molar-refractivity contribution in [1.82, 2.24) is 15.5 Å². The van der Waals surface area contributed by atoms with E-state index in [9.17, 15) is 14.4 Å². The van der Waals surface area contributed by atoms with Crippen LogP contribution in [0.15, 0.2) is 48.5 Å². The molecule has 1 heterocycles. The van der Waals surface area contributed by atoms with Gasteiger partial charge in [-0.3, -0.25) is 14.5 Å². The normalized spacial score (nSPS) is 16.8. The highest BCUT2D eigenvalue weighted by atomic mass is 35.5.